The summed E-state index contributed by atoms with van der Waals surface area (Å²) in [5.41, 5.74) is -1.18. The number of anilines is 2. The fourth-order valence-corrected chi connectivity index (χ4v) is 5.59. The first-order chi connectivity index (χ1) is 23.0. The number of aryl methyl sites for hydroxylation is 2. The number of nitrogens with zero attached hydrogens (tertiary/aromatic N) is 4. The zero-order chi connectivity index (χ0) is 35.7. The van der Waals surface area contributed by atoms with E-state index in [1.54, 1.807) is 29.9 Å². The second kappa shape index (κ2) is 13.9. The Morgan fingerprint density at radius 1 is 0.980 bits per heavy atom. The number of hydrogen-bond acceptors (Lipinski definition) is 6. The molecule has 0 radical (unpaired) electrons. The molecule has 264 valence electrons. The van der Waals surface area contributed by atoms with E-state index in [0.29, 0.717) is 11.3 Å². The predicted octanol–water partition coefficient (Wildman–Crippen LogP) is 6.49. The van der Waals surface area contributed by atoms with Crippen LogP contribution in [0.2, 0.25) is 0 Å². The van der Waals surface area contributed by atoms with Crippen molar-refractivity contribution >= 4 is 34.6 Å². The summed E-state index contributed by atoms with van der Waals surface area (Å²) in [5, 5.41) is 7.88. The molecule has 3 aromatic heterocycles. The van der Waals surface area contributed by atoms with Crippen LogP contribution in [0.4, 0.5) is 46.8 Å². The molecule has 0 saturated heterocycles. The highest BCUT2D eigenvalue weighted by atomic mass is 19.4. The number of halogens is 8. The Morgan fingerprint density at radius 2 is 1.69 bits per heavy atom. The number of alkyl halides is 8. The van der Waals surface area contributed by atoms with Crippen LogP contribution in [0.3, 0.4) is 0 Å². The molecular weight excluding hydrogens is 670 g/mol. The van der Waals surface area contributed by atoms with Gasteiger partial charge in [-0.25, -0.2) is 13.8 Å². The molecule has 3 heterocycles. The minimum atomic E-state index is -4.79. The van der Waals surface area contributed by atoms with E-state index >= 15 is 0 Å². The Bertz CT molecular complexity index is 1830. The number of carbonyl (C=O) groups is 2. The number of hydrogen-bond donors (Lipinski definition) is 3. The number of amides is 2. The summed E-state index contributed by atoms with van der Waals surface area (Å²) in [6.45, 7) is -1.25. The summed E-state index contributed by atoms with van der Waals surface area (Å²) in [7, 11) is 3.05. The molecule has 0 spiro atoms. The highest BCUT2D eigenvalue weighted by Crippen LogP contribution is 2.39. The van der Waals surface area contributed by atoms with Gasteiger partial charge in [0.15, 0.2) is 12.3 Å². The topological polar surface area (TPSA) is 115 Å². The number of ether oxygens (including phenoxy) is 1. The maximum Gasteiger partial charge on any atom is 0.418 e. The summed E-state index contributed by atoms with van der Waals surface area (Å²) in [5.74, 6) is -3.47. The summed E-state index contributed by atoms with van der Waals surface area (Å²) in [4.78, 5) is 34.2. The van der Waals surface area contributed by atoms with Crippen molar-refractivity contribution in [3.8, 4) is 5.88 Å². The van der Waals surface area contributed by atoms with Crippen LogP contribution in [0.5, 0.6) is 5.88 Å². The smallest absolute Gasteiger partial charge is 0.418 e. The van der Waals surface area contributed by atoms with Gasteiger partial charge in [-0.1, -0.05) is 6.07 Å². The molecule has 3 N–H and O–H groups in total. The van der Waals surface area contributed by atoms with Gasteiger partial charge in [0.05, 0.1) is 17.2 Å². The minimum Gasteiger partial charge on any atom is -0.471 e. The Hall–Kier alpha value is -4.90. The fraction of sp³-hybridized carbons (Fsp3) is 0.419. The standard InChI is InChI=1S/C31H31F8N7O3/c1-45-11-3-4-23(45)27(48)40-14-16-5-10-20(31(37,38)39)21(12-16)42-29-43-22-13-19(28(49-15-24(32)33)44-25(22)46(29)2)26(47)41-18-8-6-17(7-9-18)30(34,35)36/h3-5,10-13,17-18,24H,6-9,14-15H2,1-2H3,(H,40,48)(H,41,47)(H,42,43)/t17-,18-. The number of nitrogens with one attached hydrogen (secondary N) is 3. The van der Waals surface area contributed by atoms with Gasteiger partial charge in [-0.3, -0.25) is 14.2 Å². The quantitative estimate of drug-likeness (QED) is 0.163. The first-order valence-corrected chi connectivity index (χ1v) is 15.0. The lowest BCUT2D eigenvalue weighted by Gasteiger charge is -2.30. The molecule has 4 aromatic rings. The van der Waals surface area contributed by atoms with Crippen molar-refractivity contribution in [3.05, 3.63) is 65.0 Å². The zero-order valence-corrected chi connectivity index (χ0v) is 26.1. The number of rotatable bonds is 10. The molecule has 1 aliphatic rings. The normalized spacial score (nSPS) is 17.0. The zero-order valence-electron chi connectivity index (χ0n) is 26.1. The lowest BCUT2D eigenvalue weighted by Crippen LogP contribution is -2.40. The summed E-state index contributed by atoms with van der Waals surface area (Å²) < 4.78 is 115. The largest absolute Gasteiger partial charge is 0.471 e. The number of benzene rings is 1. The van der Waals surface area contributed by atoms with Gasteiger partial charge < -0.3 is 25.3 Å². The Morgan fingerprint density at radius 3 is 2.31 bits per heavy atom. The van der Waals surface area contributed by atoms with Gasteiger partial charge in [0.2, 0.25) is 11.8 Å². The van der Waals surface area contributed by atoms with Crippen LogP contribution >= 0.6 is 0 Å². The van der Waals surface area contributed by atoms with Crippen LogP contribution in [0.15, 0.2) is 42.6 Å². The highest BCUT2D eigenvalue weighted by molar-refractivity contribution is 5.99. The van der Waals surface area contributed by atoms with E-state index in [2.05, 4.69) is 25.9 Å². The van der Waals surface area contributed by atoms with Crippen molar-refractivity contribution in [1.82, 2.24) is 29.7 Å². The molecule has 18 heteroatoms. The van der Waals surface area contributed by atoms with Crippen LogP contribution < -0.4 is 20.7 Å². The van der Waals surface area contributed by atoms with Crippen LogP contribution in [0, 0.1) is 5.92 Å². The van der Waals surface area contributed by atoms with E-state index in [9.17, 15) is 44.7 Å². The number of carbonyl (C=O) groups excluding carboxylic acids is 2. The molecule has 1 saturated carbocycles. The van der Waals surface area contributed by atoms with Crippen molar-refractivity contribution in [2.75, 3.05) is 11.9 Å². The Labute approximate surface area is 273 Å². The second-order valence-electron chi connectivity index (χ2n) is 11.6. The van der Waals surface area contributed by atoms with Crippen molar-refractivity contribution in [1.29, 1.82) is 0 Å². The molecule has 1 aliphatic carbocycles. The van der Waals surface area contributed by atoms with Gasteiger partial charge in [0, 0.05) is 32.9 Å². The van der Waals surface area contributed by atoms with Gasteiger partial charge in [-0.15, -0.1) is 0 Å². The maximum absolute atomic E-state index is 14.0. The molecule has 0 bridgehead atoms. The van der Waals surface area contributed by atoms with E-state index < -0.39 is 66.3 Å². The molecule has 1 fully saturated rings. The van der Waals surface area contributed by atoms with Crippen molar-refractivity contribution in [2.45, 2.75) is 57.0 Å². The summed E-state index contributed by atoms with van der Waals surface area (Å²) in [6.07, 6.45) is -10.8. The predicted molar refractivity (Wildman–Crippen MR) is 161 cm³/mol. The van der Waals surface area contributed by atoms with E-state index in [4.69, 9.17) is 4.74 Å². The average molecular weight is 702 g/mol. The molecule has 0 aliphatic heterocycles. The van der Waals surface area contributed by atoms with Gasteiger partial charge in [0.1, 0.15) is 16.8 Å². The fourth-order valence-electron chi connectivity index (χ4n) is 5.59. The van der Waals surface area contributed by atoms with E-state index in [0.717, 1.165) is 12.1 Å². The summed E-state index contributed by atoms with van der Waals surface area (Å²) >= 11 is 0. The van der Waals surface area contributed by atoms with E-state index in [1.807, 2.05) is 0 Å². The molecular formula is C31H31F8N7O3. The maximum atomic E-state index is 14.0. The van der Waals surface area contributed by atoms with Crippen LogP contribution in [-0.4, -0.2) is 56.2 Å². The minimum absolute atomic E-state index is 0.0140. The molecule has 49 heavy (non-hydrogen) atoms. The number of aromatic nitrogens is 4. The average Bonchev–Trinajstić information content (AvgIpc) is 3.59. The third kappa shape index (κ3) is 8.22. The molecule has 0 unspecified atom stereocenters. The van der Waals surface area contributed by atoms with Gasteiger partial charge in [0.25, 0.3) is 18.2 Å². The van der Waals surface area contributed by atoms with Crippen molar-refractivity contribution in [3.63, 3.8) is 0 Å². The van der Waals surface area contributed by atoms with Crippen LogP contribution in [0.1, 0.15) is 57.7 Å². The Kier molecular flexibility index (Phi) is 10.1. The second-order valence-corrected chi connectivity index (χ2v) is 11.6. The number of imidazole rings is 1. The molecule has 2 amide bonds. The third-order valence-electron chi connectivity index (χ3n) is 8.19. The lowest BCUT2D eigenvalue weighted by atomic mass is 9.85. The first kappa shape index (κ1) is 35.4. The molecule has 10 nitrogen and oxygen atoms in total. The summed E-state index contributed by atoms with van der Waals surface area (Å²) in [6, 6.07) is 7.01. The third-order valence-corrected chi connectivity index (χ3v) is 8.19. The molecule has 1 aromatic carbocycles. The van der Waals surface area contributed by atoms with Crippen LogP contribution in [-0.2, 0) is 26.8 Å². The van der Waals surface area contributed by atoms with Crippen LogP contribution in [0.25, 0.3) is 11.2 Å². The van der Waals surface area contributed by atoms with Gasteiger partial charge in [-0.2, -0.15) is 31.3 Å². The molecule has 0 atom stereocenters. The van der Waals surface area contributed by atoms with E-state index in [1.165, 1.54) is 23.7 Å². The number of fused-ring (bicyclic) bond motifs is 1. The monoisotopic (exact) mass is 701 g/mol. The van der Waals surface area contributed by atoms with Crippen molar-refractivity contribution < 1.29 is 49.4 Å². The lowest BCUT2D eigenvalue weighted by molar-refractivity contribution is -0.182. The highest BCUT2D eigenvalue weighted by Gasteiger charge is 2.41. The van der Waals surface area contributed by atoms with Crippen molar-refractivity contribution in [2.24, 2.45) is 20.0 Å². The Balaban J connectivity index is 1.42. The van der Waals surface area contributed by atoms with Gasteiger partial charge >= 0.3 is 12.4 Å². The number of pyridine rings is 1. The molecule has 5 rings (SSSR count). The SMILES string of the molecule is Cn1cccc1C(=O)NCc1ccc(C(F)(F)F)c(Nc2nc3cc(C(=O)N[C@H]4CC[C@H](C(F)(F)F)CC4)c(OCC(F)F)nc3n2C)c1. The van der Waals surface area contributed by atoms with E-state index in [-0.39, 0.29) is 54.9 Å². The van der Waals surface area contributed by atoms with Gasteiger partial charge in [-0.05, 0) is 61.6 Å². The first-order valence-electron chi connectivity index (χ1n) is 15.0.